The first-order valence-corrected chi connectivity index (χ1v) is 7.73. The molecule has 21 heavy (non-hydrogen) atoms. The Balaban J connectivity index is 0.00000161. The number of fused-ring (bicyclic) bond motifs is 1. The smallest absolute Gasteiger partial charge is 0.246 e. The molecule has 3 rings (SSSR count). The highest BCUT2D eigenvalue weighted by atomic mass is 35.5. The molecule has 1 heterocycles. The van der Waals surface area contributed by atoms with E-state index in [0.29, 0.717) is 11.8 Å². The van der Waals surface area contributed by atoms with Crippen molar-refractivity contribution in [2.45, 2.75) is 38.1 Å². The molecule has 1 aliphatic heterocycles. The van der Waals surface area contributed by atoms with Crippen LogP contribution in [0.5, 0.6) is 0 Å². The van der Waals surface area contributed by atoms with Gasteiger partial charge in [0.05, 0.1) is 0 Å². The summed E-state index contributed by atoms with van der Waals surface area (Å²) in [5.74, 6) is 1.50. The minimum atomic E-state index is -0.908. The van der Waals surface area contributed by atoms with Crippen LogP contribution >= 0.6 is 12.4 Å². The van der Waals surface area contributed by atoms with E-state index in [-0.39, 0.29) is 18.3 Å². The lowest BCUT2D eigenvalue weighted by Crippen LogP contribution is -2.50. The molecule has 1 aliphatic carbocycles. The zero-order valence-corrected chi connectivity index (χ0v) is 13.4. The van der Waals surface area contributed by atoms with Crippen LogP contribution in [0.4, 0.5) is 0 Å². The second-order valence-electron chi connectivity index (χ2n) is 6.58. The van der Waals surface area contributed by atoms with E-state index >= 15 is 0 Å². The van der Waals surface area contributed by atoms with Crippen LogP contribution < -0.4 is 5.73 Å². The van der Waals surface area contributed by atoms with Gasteiger partial charge in [-0.1, -0.05) is 43.2 Å². The second-order valence-corrected chi connectivity index (χ2v) is 6.58. The van der Waals surface area contributed by atoms with Crippen LogP contribution in [0.2, 0.25) is 0 Å². The van der Waals surface area contributed by atoms with Gasteiger partial charge in [-0.3, -0.25) is 4.79 Å². The van der Waals surface area contributed by atoms with Crippen molar-refractivity contribution in [1.82, 2.24) is 4.90 Å². The summed E-state index contributed by atoms with van der Waals surface area (Å²) in [6.45, 7) is 3.65. The van der Waals surface area contributed by atoms with Crippen LogP contribution in [-0.2, 0) is 10.3 Å². The first kappa shape index (κ1) is 16.3. The first-order valence-electron chi connectivity index (χ1n) is 7.73. The third-order valence-corrected chi connectivity index (χ3v) is 5.08. The number of likely N-dealkylation sites (tertiary alicyclic amines) is 1. The van der Waals surface area contributed by atoms with Gasteiger partial charge in [-0.05, 0) is 37.2 Å². The van der Waals surface area contributed by atoms with Crippen LogP contribution in [0.1, 0.15) is 38.2 Å². The van der Waals surface area contributed by atoms with Crippen LogP contribution in [0, 0.1) is 11.8 Å². The van der Waals surface area contributed by atoms with Crippen LogP contribution in [-0.4, -0.2) is 23.9 Å². The largest absolute Gasteiger partial charge is 0.340 e. The molecule has 3 unspecified atom stereocenters. The minimum absolute atomic E-state index is 0. The summed E-state index contributed by atoms with van der Waals surface area (Å²) in [5.41, 5.74) is 6.35. The number of carbonyl (C=O) groups excluding carboxylic acids is 1. The second kappa shape index (κ2) is 6.37. The van der Waals surface area contributed by atoms with Crippen molar-refractivity contribution in [3.05, 3.63) is 35.9 Å². The molecular formula is C17H25ClN2O. The summed E-state index contributed by atoms with van der Waals surface area (Å²) in [6.07, 6.45) is 5.20. The minimum Gasteiger partial charge on any atom is -0.340 e. The molecule has 0 spiro atoms. The average molecular weight is 309 g/mol. The van der Waals surface area contributed by atoms with E-state index in [9.17, 15) is 4.79 Å². The highest BCUT2D eigenvalue weighted by Gasteiger charge is 2.41. The number of amides is 1. The van der Waals surface area contributed by atoms with E-state index in [1.807, 2.05) is 42.2 Å². The van der Waals surface area contributed by atoms with Gasteiger partial charge in [0, 0.05) is 13.1 Å². The normalized spacial score (nSPS) is 27.4. The van der Waals surface area contributed by atoms with Gasteiger partial charge < -0.3 is 10.6 Å². The molecule has 1 amide bonds. The maximum atomic E-state index is 12.8. The van der Waals surface area contributed by atoms with Gasteiger partial charge in [0.1, 0.15) is 5.54 Å². The highest BCUT2D eigenvalue weighted by molar-refractivity contribution is 5.87. The fourth-order valence-corrected chi connectivity index (χ4v) is 3.81. The third kappa shape index (κ3) is 3.09. The molecule has 3 nitrogen and oxygen atoms in total. The lowest BCUT2D eigenvalue weighted by Gasteiger charge is -2.29. The Kier molecular flexibility index (Phi) is 4.95. The number of nitrogens with two attached hydrogens (primary N) is 1. The standard InChI is InChI=1S/C17H24N2O.ClH/c1-17(18,15-9-3-2-4-10-15)16(20)19-11-13-7-5-6-8-14(13)12-19;/h2-4,9-10,13-14H,5-8,11-12,18H2,1H3;1H. The van der Waals surface area contributed by atoms with E-state index in [1.54, 1.807) is 0 Å². The molecule has 1 saturated carbocycles. The Bertz CT molecular complexity index is 475. The third-order valence-electron chi connectivity index (χ3n) is 5.08. The zero-order chi connectivity index (χ0) is 14.2. The van der Waals surface area contributed by atoms with Gasteiger partial charge in [0.2, 0.25) is 5.91 Å². The fourth-order valence-electron chi connectivity index (χ4n) is 3.81. The molecule has 116 valence electrons. The number of hydrogen-bond donors (Lipinski definition) is 1. The molecule has 2 fully saturated rings. The predicted octanol–water partition coefficient (Wildman–Crippen LogP) is 2.93. The Hall–Kier alpha value is -1.06. The van der Waals surface area contributed by atoms with Crippen molar-refractivity contribution in [2.75, 3.05) is 13.1 Å². The number of halogens is 1. The number of rotatable bonds is 2. The molecule has 2 N–H and O–H groups in total. The Labute approximate surface area is 133 Å². The number of benzene rings is 1. The molecule has 0 radical (unpaired) electrons. The van der Waals surface area contributed by atoms with E-state index in [4.69, 9.17) is 5.73 Å². The monoisotopic (exact) mass is 308 g/mol. The van der Waals surface area contributed by atoms with Crippen LogP contribution in [0.15, 0.2) is 30.3 Å². The van der Waals surface area contributed by atoms with Crippen molar-refractivity contribution in [2.24, 2.45) is 17.6 Å². The number of carbonyl (C=O) groups is 1. The Morgan fingerprint density at radius 3 is 2.19 bits per heavy atom. The number of hydrogen-bond acceptors (Lipinski definition) is 2. The molecule has 4 heteroatoms. The van der Waals surface area contributed by atoms with Gasteiger partial charge in [0.15, 0.2) is 0 Å². The quantitative estimate of drug-likeness (QED) is 0.913. The van der Waals surface area contributed by atoms with Crippen molar-refractivity contribution >= 4 is 18.3 Å². The molecular weight excluding hydrogens is 284 g/mol. The predicted molar refractivity (Wildman–Crippen MR) is 87.3 cm³/mol. The van der Waals surface area contributed by atoms with Crippen molar-refractivity contribution in [3.8, 4) is 0 Å². The SMILES string of the molecule is CC(N)(C(=O)N1CC2CCCCC2C1)c1ccccc1.Cl. The summed E-state index contributed by atoms with van der Waals surface area (Å²) in [6, 6.07) is 9.73. The molecule has 0 aromatic heterocycles. The molecule has 2 aliphatic rings. The highest BCUT2D eigenvalue weighted by Crippen LogP contribution is 2.37. The van der Waals surface area contributed by atoms with Crippen molar-refractivity contribution in [1.29, 1.82) is 0 Å². The average Bonchev–Trinajstić information content (AvgIpc) is 2.91. The summed E-state index contributed by atoms with van der Waals surface area (Å²) in [5, 5.41) is 0. The van der Waals surface area contributed by atoms with Crippen LogP contribution in [0.3, 0.4) is 0 Å². The van der Waals surface area contributed by atoms with Crippen molar-refractivity contribution in [3.63, 3.8) is 0 Å². The first-order chi connectivity index (χ1) is 9.59. The lowest BCUT2D eigenvalue weighted by molar-refractivity contribution is -0.135. The molecule has 1 aromatic carbocycles. The molecule has 1 aromatic rings. The Morgan fingerprint density at radius 1 is 1.14 bits per heavy atom. The Morgan fingerprint density at radius 2 is 1.67 bits per heavy atom. The summed E-state index contributed by atoms with van der Waals surface area (Å²) in [7, 11) is 0. The van der Waals surface area contributed by atoms with E-state index in [1.165, 1.54) is 25.7 Å². The number of nitrogens with zero attached hydrogens (tertiary/aromatic N) is 1. The maximum absolute atomic E-state index is 12.8. The summed E-state index contributed by atoms with van der Waals surface area (Å²) in [4.78, 5) is 14.8. The van der Waals surface area contributed by atoms with Crippen molar-refractivity contribution < 1.29 is 4.79 Å². The topological polar surface area (TPSA) is 46.3 Å². The van der Waals surface area contributed by atoms with Gasteiger partial charge in [-0.2, -0.15) is 0 Å². The summed E-state index contributed by atoms with van der Waals surface area (Å²) < 4.78 is 0. The fraction of sp³-hybridized carbons (Fsp3) is 0.588. The van der Waals surface area contributed by atoms with E-state index in [2.05, 4.69) is 0 Å². The van der Waals surface area contributed by atoms with Gasteiger partial charge in [0.25, 0.3) is 0 Å². The molecule has 0 bridgehead atoms. The lowest BCUT2D eigenvalue weighted by atomic mass is 9.82. The van der Waals surface area contributed by atoms with E-state index in [0.717, 1.165) is 18.7 Å². The van der Waals surface area contributed by atoms with Crippen LogP contribution in [0.25, 0.3) is 0 Å². The van der Waals surface area contributed by atoms with E-state index < -0.39 is 5.54 Å². The molecule has 1 saturated heterocycles. The van der Waals surface area contributed by atoms with Gasteiger partial charge in [-0.15, -0.1) is 12.4 Å². The molecule has 3 atom stereocenters. The maximum Gasteiger partial charge on any atom is 0.246 e. The zero-order valence-electron chi connectivity index (χ0n) is 12.6. The summed E-state index contributed by atoms with van der Waals surface area (Å²) >= 11 is 0. The van der Waals surface area contributed by atoms with Gasteiger partial charge in [-0.25, -0.2) is 0 Å². The van der Waals surface area contributed by atoms with Gasteiger partial charge >= 0.3 is 0 Å².